The van der Waals surface area contributed by atoms with Crippen LogP contribution in [0.4, 0.5) is 13.2 Å². The zero-order valence-electron chi connectivity index (χ0n) is 6.02. The lowest BCUT2D eigenvalue weighted by atomic mass is 10.4. The van der Waals surface area contributed by atoms with Gasteiger partial charge in [-0.2, -0.15) is 13.2 Å². The Morgan fingerprint density at radius 1 is 1.36 bits per heavy atom. The van der Waals surface area contributed by atoms with E-state index >= 15 is 0 Å². The maximum atomic E-state index is 10.6. The minimum atomic E-state index is -5.05. The first-order valence-electron chi connectivity index (χ1n) is 2.86. The van der Waals surface area contributed by atoms with E-state index in [9.17, 15) is 13.2 Å². The maximum absolute atomic E-state index is 10.6. The third kappa shape index (κ3) is 12.8. The lowest BCUT2D eigenvalue weighted by Gasteiger charge is -1.89. The van der Waals surface area contributed by atoms with Crippen LogP contribution >= 0.6 is 0 Å². The van der Waals surface area contributed by atoms with Crippen molar-refractivity contribution in [3.05, 3.63) is 6.92 Å². The highest BCUT2D eigenvalue weighted by Crippen LogP contribution is 2.13. The molecule has 0 aromatic rings. The van der Waals surface area contributed by atoms with Crippen molar-refractivity contribution in [2.75, 3.05) is 0 Å². The Bertz CT molecular complexity index is 140. The highest BCUT2D eigenvalue weighted by Gasteiger charge is 2.31. The zero-order chi connectivity index (χ0) is 9.49. The monoisotopic (exact) mass is 191 g/mol. The second kappa shape index (κ2) is 6.45. The molecule has 0 atom stereocenters. The summed E-state index contributed by atoms with van der Waals surface area (Å²) in [6.07, 6.45) is 2.28. The molecule has 0 heterocycles. The first-order chi connectivity index (χ1) is 4.86. The van der Waals surface area contributed by atoms with Crippen LogP contribution in [-0.4, -0.2) is 13.9 Å². The van der Waals surface area contributed by atoms with Crippen molar-refractivity contribution in [1.29, 1.82) is 0 Å². The Hall–Kier alpha value is -0.260. The van der Waals surface area contributed by atoms with Crippen LogP contribution in [0.15, 0.2) is 0 Å². The van der Waals surface area contributed by atoms with Crippen LogP contribution in [0.3, 0.4) is 0 Å². The molecule has 0 aromatic carbocycles. The molecule has 0 aliphatic heterocycles. The van der Waals surface area contributed by atoms with E-state index in [1.54, 1.807) is 0 Å². The van der Waals surface area contributed by atoms with Crippen LogP contribution in [0.2, 0.25) is 0 Å². The third-order valence-corrected chi connectivity index (χ3v) is 0.975. The number of unbranched alkanes of at least 4 members (excludes halogenated alkanes) is 1. The van der Waals surface area contributed by atoms with E-state index in [0.29, 0.717) is 0 Å². The molecule has 69 valence electrons. The van der Waals surface area contributed by atoms with Gasteiger partial charge in [0.2, 0.25) is 10.7 Å². The predicted molar refractivity (Wildman–Crippen MR) is 36.6 cm³/mol. The maximum Gasteiger partial charge on any atom is 0.494 e. The highest BCUT2D eigenvalue weighted by molar-refractivity contribution is 7.73. The molecule has 6 heteroatoms. The summed E-state index contributed by atoms with van der Waals surface area (Å²) in [7, 11) is -4.24. The van der Waals surface area contributed by atoms with Crippen molar-refractivity contribution < 1.29 is 21.6 Å². The van der Waals surface area contributed by atoms with Crippen LogP contribution in [0, 0.1) is 6.92 Å². The van der Waals surface area contributed by atoms with Crippen molar-refractivity contribution in [1.82, 2.24) is 0 Å². The van der Waals surface area contributed by atoms with Crippen molar-refractivity contribution >= 4 is 10.7 Å². The van der Waals surface area contributed by atoms with Crippen LogP contribution in [0.5, 0.6) is 0 Å². The fraction of sp³-hybridized carbons (Fsp3) is 0.800. The topological polar surface area (TPSA) is 34.1 Å². The molecule has 0 unspecified atom stereocenters. The van der Waals surface area contributed by atoms with E-state index in [1.165, 1.54) is 6.42 Å². The summed E-state index contributed by atoms with van der Waals surface area (Å²) < 4.78 is 49.6. The van der Waals surface area contributed by atoms with Crippen LogP contribution < -0.4 is 0 Å². The smallest absolute Gasteiger partial charge is 0.223 e. The molecule has 11 heavy (non-hydrogen) atoms. The SMILES string of the molecule is O=[SH](=O)C(F)(F)F.[CH2]CCC. The second-order valence-electron chi connectivity index (χ2n) is 1.58. The number of halogens is 3. The largest absolute Gasteiger partial charge is 0.494 e. The van der Waals surface area contributed by atoms with Crippen molar-refractivity contribution in [3.63, 3.8) is 0 Å². The summed E-state index contributed by atoms with van der Waals surface area (Å²) in [5, 5.41) is 0. The van der Waals surface area contributed by atoms with E-state index in [0.717, 1.165) is 6.42 Å². The van der Waals surface area contributed by atoms with E-state index in [-0.39, 0.29) is 0 Å². The number of hydrogen-bond donors (Lipinski definition) is 1. The molecule has 0 saturated heterocycles. The van der Waals surface area contributed by atoms with Gasteiger partial charge in [0, 0.05) is 0 Å². The van der Waals surface area contributed by atoms with Crippen molar-refractivity contribution in [3.8, 4) is 0 Å². The average Bonchev–Trinajstić information content (AvgIpc) is 1.87. The average molecular weight is 191 g/mol. The fourth-order valence-electron chi connectivity index (χ4n) is 0. The third-order valence-electron chi connectivity index (χ3n) is 0.561. The molecule has 1 radical (unpaired) electrons. The lowest BCUT2D eigenvalue weighted by Crippen LogP contribution is -2.07. The Morgan fingerprint density at radius 3 is 1.55 bits per heavy atom. The molecule has 0 N–H and O–H groups in total. The van der Waals surface area contributed by atoms with Gasteiger partial charge in [-0.05, 0) is 0 Å². The van der Waals surface area contributed by atoms with Gasteiger partial charge in [0.05, 0.1) is 0 Å². The summed E-state index contributed by atoms with van der Waals surface area (Å²) >= 11 is 0. The van der Waals surface area contributed by atoms with E-state index in [2.05, 4.69) is 13.8 Å². The number of rotatable bonds is 1. The summed E-state index contributed by atoms with van der Waals surface area (Å²) in [6, 6.07) is 0. The van der Waals surface area contributed by atoms with Gasteiger partial charge in [0.15, 0.2) is 0 Å². The lowest BCUT2D eigenvalue weighted by molar-refractivity contribution is -0.0398. The number of hydrogen-bond acceptors (Lipinski definition) is 2. The predicted octanol–water partition coefficient (Wildman–Crippen LogP) is 1.74. The summed E-state index contributed by atoms with van der Waals surface area (Å²) in [4.78, 5) is 0. The molecule has 0 fully saturated rings. The minimum Gasteiger partial charge on any atom is -0.223 e. The first kappa shape index (κ1) is 13.3. The number of thiol groups is 1. The van der Waals surface area contributed by atoms with Crippen molar-refractivity contribution in [2.24, 2.45) is 0 Å². The molecule has 2 nitrogen and oxygen atoms in total. The molecule has 0 rings (SSSR count). The van der Waals surface area contributed by atoms with Gasteiger partial charge >= 0.3 is 5.51 Å². The van der Waals surface area contributed by atoms with Gasteiger partial charge in [-0.1, -0.05) is 26.7 Å². The molecule has 0 bridgehead atoms. The quantitative estimate of drug-likeness (QED) is 0.640. The van der Waals surface area contributed by atoms with Gasteiger partial charge in [-0.25, -0.2) is 8.42 Å². The second-order valence-corrected chi connectivity index (χ2v) is 2.60. The number of alkyl halides is 3. The minimum absolute atomic E-state index is 1.07. The van der Waals surface area contributed by atoms with Gasteiger partial charge in [0.1, 0.15) is 0 Å². The van der Waals surface area contributed by atoms with E-state index in [4.69, 9.17) is 8.42 Å². The zero-order valence-corrected chi connectivity index (χ0v) is 6.91. The van der Waals surface area contributed by atoms with E-state index < -0.39 is 16.2 Å². The van der Waals surface area contributed by atoms with Gasteiger partial charge in [-0.15, -0.1) is 0 Å². The Kier molecular flexibility index (Phi) is 7.82. The fourth-order valence-corrected chi connectivity index (χ4v) is 0. The molecule has 0 aliphatic rings. The molecule has 0 saturated carbocycles. The molecule has 0 aliphatic carbocycles. The highest BCUT2D eigenvalue weighted by atomic mass is 32.2. The molecule has 0 aromatic heterocycles. The standard InChI is InChI=1S/C4H9.CHF3O2S/c1-3-4-2;2-1(3,4)7(5)6/h1,3-4H2,2H3;7H. The molecular formula is C5H10F3O2S. The molecular weight excluding hydrogens is 181 g/mol. The summed E-state index contributed by atoms with van der Waals surface area (Å²) in [5.41, 5.74) is -5.05. The normalized spacial score (nSPS) is 10.7. The first-order valence-corrected chi connectivity index (χ1v) is 4.04. The molecule has 0 spiro atoms. The van der Waals surface area contributed by atoms with Gasteiger partial charge in [-0.3, -0.25) is 0 Å². The van der Waals surface area contributed by atoms with Gasteiger partial charge < -0.3 is 0 Å². The molecule has 0 amide bonds. The van der Waals surface area contributed by atoms with E-state index in [1.807, 2.05) is 0 Å². The summed E-state index contributed by atoms with van der Waals surface area (Å²) in [6.45, 7) is 5.72. The Morgan fingerprint density at radius 2 is 1.55 bits per heavy atom. The van der Waals surface area contributed by atoms with Gasteiger partial charge in [0.25, 0.3) is 0 Å². The summed E-state index contributed by atoms with van der Waals surface area (Å²) in [5.74, 6) is 0. The Balaban J connectivity index is 0. The van der Waals surface area contributed by atoms with Crippen molar-refractivity contribution in [2.45, 2.75) is 25.3 Å². The van der Waals surface area contributed by atoms with Crippen LogP contribution in [0.25, 0.3) is 0 Å². The Labute approximate surface area is 65.4 Å². The van der Waals surface area contributed by atoms with Crippen LogP contribution in [-0.2, 0) is 10.7 Å². The van der Waals surface area contributed by atoms with Crippen LogP contribution in [0.1, 0.15) is 19.8 Å².